The van der Waals surface area contributed by atoms with Crippen molar-refractivity contribution in [2.24, 2.45) is 0 Å². The van der Waals surface area contributed by atoms with Gasteiger partial charge < -0.3 is 10.1 Å². The summed E-state index contributed by atoms with van der Waals surface area (Å²) in [6, 6.07) is -0.107. The number of hydrogen-bond acceptors (Lipinski definition) is 5. The Balaban J connectivity index is 2.28. The van der Waals surface area contributed by atoms with Gasteiger partial charge in [-0.25, -0.2) is 8.42 Å². The molecule has 1 fully saturated rings. The monoisotopic (exact) mass is 302 g/mol. The van der Waals surface area contributed by atoms with Crippen molar-refractivity contribution in [1.29, 1.82) is 0 Å². The van der Waals surface area contributed by atoms with E-state index in [1.54, 1.807) is 7.05 Å². The fraction of sp³-hybridized carbons (Fsp3) is 0.750. The Morgan fingerprint density at radius 1 is 1.55 bits per heavy atom. The van der Waals surface area contributed by atoms with Gasteiger partial charge in [-0.05, 0) is 19.9 Å². The minimum Gasteiger partial charge on any atom is -0.380 e. The zero-order valence-electron chi connectivity index (χ0n) is 12.1. The minimum atomic E-state index is -3.59. The zero-order chi connectivity index (χ0) is 14.8. The molecule has 0 amide bonds. The van der Waals surface area contributed by atoms with Gasteiger partial charge in [-0.1, -0.05) is 6.92 Å². The van der Waals surface area contributed by atoms with Gasteiger partial charge in [-0.2, -0.15) is 9.40 Å². The third-order valence-electron chi connectivity index (χ3n) is 3.63. The molecule has 0 radical (unpaired) electrons. The molecule has 20 heavy (non-hydrogen) atoms. The minimum absolute atomic E-state index is 0.107. The van der Waals surface area contributed by atoms with Crippen molar-refractivity contribution in [1.82, 2.24) is 19.8 Å². The average Bonchev–Trinajstić information content (AvgIpc) is 3.05. The van der Waals surface area contributed by atoms with Gasteiger partial charge in [0.25, 0.3) is 10.0 Å². The van der Waals surface area contributed by atoms with E-state index in [4.69, 9.17) is 4.74 Å². The highest BCUT2D eigenvalue weighted by Gasteiger charge is 2.34. The third kappa shape index (κ3) is 2.88. The van der Waals surface area contributed by atoms with E-state index in [-0.39, 0.29) is 11.1 Å². The largest absolute Gasteiger partial charge is 0.380 e. The molecule has 114 valence electrons. The number of aromatic nitrogens is 2. The number of hydrogen-bond donors (Lipinski definition) is 2. The molecule has 0 saturated carbocycles. The van der Waals surface area contributed by atoms with Gasteiger partial charge >= 0.3 is 0 Å². The van der Waals surface area contributed by atoms with E-state index in [0.29, 0.717) is 25.3 Å². The first-order valence-electron chi connectivity index (χ1n) is 6.78. The maximum Gasteiger partial charge on any atom is 0.262 e. The Morgan fingerprint density at radius 2 is 2.30 bits per heavy atom. The van der Waals surface area contributed by atoms with Crippen LogP contribution < -0.4 is 5.32 Å². The molecule has 1 saturated heterocycles. The smallest absolute Gasteiger partial charge is 0.262 e. The van der Waals surface area contributed by atoms with Crippen LogP contribution in [0.5, 0.6) is 0 Å². The Morgan fingerprint density at radius 3 is 2.90 bits per heavy atom. The molecule has 1 aliphatic heterocycles. The molecule has 0 spiro atoms. The Bertz CT molecular complexity index is 549. The number of likely N-dealkylation sites (N-methyl/N-ethyl adjacent to an activating group) is 1. The molecule has 2 N–H and O–H groups in total. The predicted molar refractivity (Wildman–Crippen MR) is 74.9 cm³/mol. The Labute approximate surface area is 119 Å². The fourth-order valence-corrected chi connectivity index (χ4v) is 3.77. The first kappa shape index (κ1) is 15.4. The lowest BCUT2D eigenvalue weighted by molar-refractivity contribution is 0.180. The number of sulfonamides is 1. The first-order chi connectivity index (χ1) is 9.48. The van der Waals surface area contributed by atoms with Crippen molar-refractivity contribution in [3.05, 3.63) is 11.3 Å². The van der Waals surface area contributed by atoms with E-state index in [1.807, 2.05) is 13.8 Å². The summed E-state index contributed by atoms with van der Waals surface area (Å²) < 4.78 is 32.0. The normalized spacial score (nSPS) is 19.9. The maximum absolute atomic E-state index is 12.7. The van der Waals surface area contributed by atoms with E-state index in [0.717, 1.165) is 18.7 Å². The molecule has 0 aliphatic carbocycles. The van der Waals surface area contributed by atoms with Crippen molar-refractivity contribution >= 4 is 10.0 Å². The maximum atomic E-state index is 12.7. The summed E-state index contributed by atoms with van der Waals surface area (Å²) in [5.41, 5.74) is 1.48. The molecular formula is C12H22N4O3S. The Kier molecular flexibility index (Phi) is 4.79. The standard InChI is InChI=1S/C12H22N4O3S/c1-4-13-7-11-9(2)14-15-12(11)20(17,18)16(3)10-5-6-19-8-10/h10,13H,4-8H2,1-3H3,(H,14,15). The molecule has 1 unspecified atom stereocenters. The van der Waals surface area contributed by atoms with Crippen LogP contribution in [0.1, 0.15) is 24.6 Å². The van der Waals surface area contributed by atoms with Crippen LogP contribution in [0.3, 0.4) is 0 Å². The summed E-state index contributed by atoms with van der Waals surface area (Å²) in [5.74, 6) is 0. The fourth-order valence-electron chi connectivity index (χ4n) is 2.24. The molecule has 1 aromatic heterocycles. The number of nitrogens with one attached hydrogen (secondary N) is 2. The number of nitrogens with zero attached hydrogens (tertiary/aromatic N) is 2. The van der Waals surface area contributed by atoms with Crippen molar-refractivity contribution in [3.8, 4) is 0 Å². The first-order valence-corrected chi connectivity index (χ1v) is 8.22. The van der Waals surface area contributed by atoms with E-state index < -0.39 is 10.0 Å². The van der Waals surface area contributed by atoms with Crippen LogP contribution >= 0.6 is 0 Å². The SMILES string of the molecule is CCNCc1c(S(=O)(=O)N(C)C2CCOC2)n[nH]c1C. The zero-order valence-corrected chi connectivity index (χ0v) is 13.0. The molecule has 0 bridgehead atoms. The highest BCUT2D eigenvalue weighted by atomic mass is 32.2. The topological polar surface area (TPSA) is 87.3 Å². The van der Waals surface area contributed by atoms with Crippen LogP contribution in [0.15, 0.2) is 5.03 Å². The summed E-state index contributed by atoms with van der Waals surface area (Å²) in [6.07, 6.45) is 0.724. The summed E-state index contributed by atoms with van der Waals surface area (Å²) in [4.78, 5) is 0. The lowest BCUT2D eigenvalue weighted by Crippen LogP contribution is -2.38. The molecular weight excluding hydrogens is 280 g/mol. The molecule has 0 aromatic carbocycles. The van der Waals surface area contributed by atoms with Crippen molar-refractivity contribution in [3.63, 3.8) is 0 Å². The van der Waals surface area contributed by atoms with Crippen LogP contribution in [0.2, 0.25) is 0 Å². The number of H-pyrrole nitrogens is 1. The van der Waals surface area contributed by atoms with Gasteiger partial charge in [0.2, 0.25) is 0 Å². The molecule has 7 nitrogen and oxygen atoms in total. The van der Waals surface area contributed by atoms with Gasteiger partial charge in [0.15, 0.2) is 5.03 Å². The van der Waals surface area contributed by atoms with Gasteiger partial charge in [0.1, 0.15) is 0 Å². The predicted octanol–water partition coefficient (Wildman–Crippen LogP) is 0.237. The second kappa shape index (κ2) is 6.21. The summed E-state index contributed by atoms with van der Waals surface area (Å²) in [7, 11) is -2.00. The number of rotatable bonds is 6. The summed E-state index contributed by atoms with van der Waals surface area (Å²) in [5, 5.41) is 10.0. The number of ether oxygens (including phenoxy) is 1. The van der Waals surface area contributed by atoms with Crippen molar-refractivity contribution in [2.75, 3.05) is 26.8 Å². The molecule has 1 atom stereocenters. The second-order valence-corrected chi connectivity index (χ2v) is 6.86. The van der Waals surface area contributed by atoms with Crippen LogP contribution in [0.4, 0.5) is 0 Å². The lowest BCUT2D eigenvalue weighted by Gasteiger charge is -2.22. The second-order valence-electron chi connectivity index (χ2n) is 4.95. The molecule has 2 rings (SSSR count). The van der Waals surface area contributed by atoms with Crippen LogP contribution in [0.25, 0.3) is 0 Å². The van der Waals surface area contributed by atoms with Crippen LogP contribution in [-0.2, 0) is 21.3 Å². The van der Waals surface area contributed by atoms with E-state index in [9.17, 15) is 8.42 Å². The van der Waals surface area contributed by atoms with Crippen molar-refractivity contribution < 1.29 is 13.2 Å². The van der Waals surface area contributed by atoms with Gasteiger partial charge in [-0.15, -0.1) is 0 Å². The highest BCUT2D eigenvalue weighted by Crippen LogP contribution is 2.23. The molecule has 8 heteroatoms. The van der Waals surface area contributed by atoms with E-state index in [2.05, 4.69) is 15.5 Å². The molecule has 1 aromatic rings. The molecule has 2 heterocycles. The van der Waals surface area contributed by atoms with Gasteiger partial charge in [0, 0.05) is 31.5 Å². The quantitative estimate of drug-likeness (QED) is 0.786. The van der Waals surface area contributed by atoms with Gasteiger partial charge in [0.05, 0.1) is 12.6 Å². The number of aromatic amines is 1. The summed E-state index contributed by atoms with van der Waals surface area (Å²) in [6.45, 7) is 6.12. The van der Waals surface area contributed by atoms with E-state index >= 15 is 0 Å². The highest BCUT2D eigenvalue weighted by molar-refractivity contribution is 7.89. The number of aryl methyl sites for hydroxylation is 1. The van der Waals surface area contributed by atoms with Gasteiger partial charge in [-0.3, -0.25) is 5.10 Å². The van der Waals surface area contributed by atoms with Crippen molar-refractivity contribution in [2.45, 2.75) is 37.9 Å². The van der Waals surface area contributed by atoms with Crippen LogP contribution in [-0.4, -0.2) is 55.8 Å². The summed E-state index contributed by atoms with van der Waals surface area (Å²) >= 11 is 0. The Hall–Kier alpha value is -0.960. The average molecular weight is 302 g/mol. The third-order valence-corrected chi connectivity index (χ3v) is 5.51. The van der Waals surface area contributed by atoms with Crippen LogP contribution in [0, 0.1) is 6.92 Å². The molecule has 1 aliphatic rings. The van der Waals surface area contributed by atoms with E-state index in [1.165, 1.54) is 4.31 Å². The lowest BCUT2D eigenvalue weighted by atomic mass is 10.2.